The van der Waals surface area contributed by atoms with Gasteiger partial charge in [-0.3, -0.25) is 0 Å². The highest BCUT2D eigenvalue weighted by Gasteiger charge is 2.33. The maximum Gasteiger partial charge on any atom is 0.340 e. The van der Waals surface area contributed by atoms with Crippen molar-refractivity contribution in [1.82, 2.24) is 4.40 Å². The van der Waals surface area contributed by atoms with Crippen LogP contribution in [0.25, 0.3) is 5.52 Å². The summed E-state index contributed by atoms with van der Waals surface area (Å²) in [5.74, 6) is -0.386. The second kappa shape index (κ2) is 6.33. The molecule has 0 spiro atoms. The standard InChI is InChI=1S/C18H16INO3/c1-2-23-17(21)14-12-16(20-11-7-6-10-15(14)20)18(19,22)13-8-4-3-5-9-13/h3-12,22H,2H2,1H3. The Morgan fingerprint density at radius 2 is 1.91 bits per heavy atom. The summed E-state index contributed by atoms with van der Waals surface area (Å²) in [5.41, 5.74) is 2.53. The van der Waals surface area contributed by atoms with Crippen LogP contribution in [0.4, 0.5) is 0 Å². The lowest BCUT2D eigenvalue weighted by Crippen LogP contribution is -2.20. The van der Waals surface area contributed by atoms with E-state index in [4.69, 9.17) is 4.74 Å². The molecule has 5 heteroatoms. The van der Waals surface area contributed by atoms with Gasteiger partial charge in [-0.15, -0.1) is 0 Å². The Hall–Kier alpha value is -1.86. The summed E-state index contributed by atoms with van der Waals surface area (Å²) < 4.78 is 5.70. The third-order valence-electron chi connectivity index (χ3n) is 3.67. The van der Waals surface area contributed by atoms with Gasteiger partial charge in [-0.25, -0.2) is 4.79 Å². The number of hydrogen-bond acceptors (Lipinski definition) is 3. The number of nitrogens with zero attached hydrogens (tertiary/aromatic N) is 1. The van der Waals surface area contributed by atoms with Gasteiger partial charge in [-0.05, 0) is 53.3 Å². The van der Waals surface area contributed by atoms with Crippen molar-refractivity contribution in [3.8, 4) is 0 Å². The van der Waals surface area contributed by atoms with Gasteiger partial charge in [0.1, 0.15) is 0 Å². The highest BCUT2D eigenvalue weighted by molar-refractivity contribution is 14.1. The summed E-state index contributed by atoms with van der Waals surface area (Å²) in [4.78, 5) is 12.2. The molecule has 3 aromatic rings. The van der Waals surface area contributed by atoms with Crippen LogP contribution >= 0.6 is 22.6 Å². The predicted octanol–water partition coefficient (Wildman–Crippen LogP) is 3.74. The van der Waals surface area contributed by atoms with Crippen LogP contribution in [0, 0.1) is 0 Å². The molecule has 0 aliphatic heterocycles. The van der Waals surface area contributed by atoms with Crippen molar-refractivity contribution in [2.24, 2.45) is 0 Å². The molecule has 0 bridgehead atoms. The number of carbonyl (C=O) groups is 1. The number of hydrogen-bond donors (Lipinski definition) is 1. The lowest BCUT2D eigenvalue weighted by atomic mass is 10.1. The molecule has 118 valence electrons. The van der Waals surface area contributed by atoms with Crippen molar-refractivity contribution in [3.05, 3.63) is 77.6 Å². The lowest BCUT2D eigenvalue weighted by Gasteiger charge is -2.22. The Kier molecular flexibility index (Phi) is 4.41. The average Bonchev–Trinajstić information content (AvgIpc) is 2.96. The molecular weight excluding hydrogens is 405 g/mol. The van der Waals surface area contributed by atoms with Crippen molar-refractivity contribution in [1.29, 1.82) is 0 Å². The Morgan fingerprint density at radius 3 is 2.61 bits per heavy atom. The molecule has 2 aromatic heterocycles. The van der Waals surface area contributed by atoms with E-state index in [1.165, 1.54) is 0 Å². The van der Waals surface area contributed by atoms with E-state index in [1.807, 2.05) is 81.7 Å². The molecule has 4 nitrogen and oxygen atoms in total. The first kappa shape index (κ1) is 16.0. The molecule has 0 saturated heterocycles. The summed E-state index contributed by atoms with van der Waals surface area (Å²) in [6.07, 6.45) is 1.83. The summed E-state index contributed by atoms with van der Waals surface area (Å²) in [5, 5.41) is 11.1. The minimum absolute atomic E-state index is 0.311. The van der Waals surface area contributed by atoms with Gasteiger partial charge in [0.2, 0.25) is 0 Å². The number of esters is 1. The molecule has 0 radical (unpaired) electrons. The Bertz CT molecular complexity index is 840. The molecule has 0 fully saturated rings. The van der Waals surface area contributed by atoms with Crippen molar-refractivity contribution in [2.45, 2.75) is 10.5 Å². The van der Waals surface area contributed by atoms with Gasteiger partial charge < -0.3 is 14.2 Å². The normalized spacial score (nSPS) is 13.7. The molecule has 3 rings (SSSR count). The lowest BCUT2D eigenvalue weighted by molar-refractivity contribution is 0.0528. The zero-order valence-electron chi connectivity index (χ0n) is 12.6. The fourth-order valence-corrected chi connectivity index (χ4v) is 3.36. The third kappa shape index (κ3) is 2.86. The minimum Gasteiger partial charge on any atom is -0.462 e. The Morgan fingerprint density at radius 1 is 1.22 bits per heavy atom. The van der Waals surface area contributed by atoms with Crippen LogP contribution < -0.4 is 0 Å². The minimum atomic E-state index is -1.26. The molecule has 0 aliphatic rings. The first-order chi connectivity index (χ1) is 11.1. The van der Waals surface area contributed by atoms with Crippen molar-refractivity contribution in [3.63, 3.8) is 0 Å². The maximum absolute atomic E-state index is 12.2. The largest absolute Gasteiger partial charge is 0.462 e. The number of ether oxygens (including phenoxy) is 1. The summed E-state index contributed by atoms with van der Waals surface area (Å²) in [7, 11) is 0. The zero-order chi connectivity index (χ0) is 16.4. The molecule has 23 heavy (non-hydrogen) atoms. The number of aromatic nitrogens is 1. The molecule has 1 atom stereocenters. The predicted molar refractivity (Wildman–Crippen MR) is 96.8 cm³/mol. The van der Waals surface area contributed by atoms with E-state index in [2.05, 4.69) is 0 Å². The second-order valence-electron chi connectivity index (χ2n) is 5.11. The highest BCUT2D eigenvalue weighted by atomic mass is 127. The summed E-state index contributed by atoms with van der Waals surface area (Å²) >= 11 is 2.00. The van der Waals surface area contributed by atoms with Crippen LogP contribution in [0.1, 0.15) is 28.5 Å². The first-order valence-corrected chi connectivity index (χ1v) is 8.38. The van der Waals surface area contributed by atoms with E-state index in [-0.39, 0.29) is 5.97 Å². The number of halogens is 1. The van der Waals surface area contributed by atoms with Crippen LogP contribution in [0.3, 0.4) is 0 Å². The van der Waals surface area contributed by atoms with Gasteiger partial charge in [0, 0.05) is 6.20 Å². The van der Waals surface area contributed by atoms with E-state index < -0.39 is 3.61 Å². The molecule has 2 heterocycles. The smallest absolute Gasteiger partial charge is 0.340 e. The number of benzene rings is 1. The fraction of sp³-hybridized carbons (Fsp3) is 0.167. The number of fused-ring (bicyclic) bond motifs is 1. The quantitative estimate of drug-likeness (QED) is 0.397. The van der Waals surface area contributed by atoms with Gasteiger partial charge in [0.15, 0.2) is 3.61 Å². The van der Waals surface area contributed by atoms with Gasteiger partial charge in [-0.1, -0.05) is 36.4 Å². The molecule has 0 saturated carbocycles. The van der Waals surface area contributed by atoms with E-state index >= 15 is 0 Å². The molecule has 0 aliphatic carbocycles. The number of aliphatic hydroxyl groups is 1. The molecule has 1 aromatic carbocycles. The number of carbonyl (C=O) groups excluding carboxylic acids is 1. The van der Waals surface area contributed by atoms with Gasteiger partial charge in [-0.2, -0.15) is 0 Å². The van der Waals surface area contributed by atoms with Crippen LogP contribution in [0.5, 0.6) is 0 Å². The van der Waals surface area contributed by atoms with Crippen molar-refractivity contribution >= 4 is 34.1 Å². The van der Waals surface area contributed by atoms with Gasteiger partial charge >= 0.3 is 5.97 Å². The van der Waals surface area contributed by atoms with Gasteiger partial charge in [0.05, 0.1) is 23.4 Å². The SMILES string of the molecule is CCOC(=O)c1cc(C(O)(I)c2ccccc2)n2ccccc12. The Labute approximate surface area is 147 Å². The molecule has 1 N–H and O–H groups in total. The molecule has 1 unspecified atom stereocenters. The van der Waals surface area contributed by atoms with Crippen LogP contribution in [0.2, 0.25) is 0 Å². The van der Waals surface area contributed by atoms with E-state index in [0.29, 0.717) is 23.4 Å². The average molecular weight is 421 g/mol. The molecular formula is C18H16INO3. The van der Waals surface area contributed by atoms with E-state index in [1.54, 1.807) is 13.0 Å². The maximum atomic E-state index is 12.2. The third-order valence-corrected chi connectivity index (χ3v) is 4.84. The van der Waals surface area contributed by atoms with E-state index in [0.717, 1.165) is 5.56 Å². The summed E-state index contributed by atoms with van der Waals surface area (Å²) in [6.45, 7) is 2.08. The fourth-order valence-electron chi connectivity index (χ4n) is 2.59. The monoisotopic (exact) mass is 421 g/mol. The summed E-state index contributed by atoms with van der Waals surface area (Å²) in [6, 6.07) is 16.6. The van der Waals surface area contributed by atoms with E-state index in [9.17, 15) is 9.90 Å². The number of pyridine rings is 1. The van der Waals surface area contributed by atoms with Crippen molar-refractivity contribution in [2.75, 3.05) is 6.61 Å². The van der Waals surface area contributed by atoms with Crippen LogP contribution in [-0.4, -0.2) is 22.1 Å². The van der Waals surface area contributed by atoms with Crippen LogP contribution in [0.15, 0.2) is 60.8 Å². The highest BCUT2D eigenvalue weighted by Crippen LogP contribution is 2.38. The van der Waals surface area contributed by atoms with Gasteiger partial charge in [0.25, 0.3) is 0 Å². The molecule has 0 amide bonds. The topological polar surface area (TPSA) is 50.9 Å². The number of rotatable bonds is 4. The number of alkyl halides is 1. The first-order valence-electron chi connectivity index (χ1n) is 7.30. The second-order valence-corrected chi connectivity index (χ2v) is 6.67. The van der Waals surface area contributed by atoms with Crippen LogP contribution in [-0.2, 0) is 8.34 Å². The zero-order valence-corrected chi connectivity index (χ0v) is 14.7. The van der Waals surface area contributed by atoms with Crippen molar-refractivity contribution < 1.29 is 14.6 Å². The Balaban J connectivity index is 2.20.